The van der Waals surface area contributed by atoms with Crippen molar-refractivity contribution in [2.75, 3.05) is 20.1 Å². The van der Waals surface area contributed by atoms with Crippen LogP contribution in [0.3, 0.4) is 0 Å². The molecular weight excluding hydrogens is 228 g/mol. The molecule has 1 saturated heterocycles. The highest BCUT2D eigenvalue weighted by Gasteiger charge is 2.23. The number of hydrogen-bond donors (Lipinski definition) is 1. The highest BCUT2D eigenvalue weighted by atomic mass is 16.5. The van der Waals surface area contributed by atoms with E-state index in [-0.39, 0.29) is 0 Å². The molecule has 0 amide bonds. The minimum atomic E-state index is 0.307. The molecule has 1 aromatic rings. The highest BCUT2D eigenvalue weighted by molar-refractivity contribution is 5.20. The third-order valence-corrected chi connectivity index (χ3v) is 3.31. The number of rotatable bonds is 4. The summed E-state index contributed by atoms with van der Waals surface area (Å²) in [6.07, 6.45) is 0.614. The Morgan fingerprint density at radius 1 is 1.33 bits per heavy atom. The third-order valence-electron chi connectivity index (χ3n) is 3.31. The maximum Gasteiger partial charge on any atom is 0.118 e. The molecule has 0 unspecified atom stereocenters. The van der Waals surface area contributed by atoms with E-state index in [4.69, 9.17) is 9.15 Å². The van der Waals surface area contributed by atoms with Crippen LogP contribution in [-0.4, -0.2) is 37.2 Å². The quantitative estimate of drug-likeness (QED) is 0.888. The molecule has 0 aliphatic carbocycles. The SMILES string of the molecule is CNCc1cc(CN2C[C@@H](C)O[C@@H](C)C2)oc1C. The molecular formula is C14H24N2O2. The second kappa shape index (κ2) is 5.87. The van der Waals surface area contributed by atoms with Crippen molar-refractivity contribution in [2.24, 2.45) is 0 Å². The van der Waals surface area contributed by atoms with Crippen LogP contribution < -0.4 is 5.32 Å². The number of nitrogens with zero attached hydrogens (tertiary/aromatic N) is 1. The van der Waals surface area contributed by atoms with E-state index < -0.39 is 0 Å². The Morgan fingerprint density at radius 3 is 2.61 bits per heavy atom. The minimum absolute atomic E-state index is 0.307. The van der Waals surface area contributed by atoms with Crippen LogP contribution >= 0.6 is 0 Å². The van der Waals surface area contributed by atoms with Crippen molar-refractivity contribution < 1.29 is 9.15 Å². The second-order valence-electron chi connectivity index (χ2n) is 5.28. The Bertz CT molecular complexity index is 379. The lowest BCUT2D eigenvalue weighted by atomic mass is 10.2. The molecule has 102 valence electrons. The van der Waals surface area contributed by atoms with E-state index in [2.05, 4.69) is 30.1 Å². The maximum absolute atomic E-state index is 5.82. The standard InChI is InChI=1S/C14H24N2O2/c1-10-7-16(8-11(2)17-10)9-14-5-13(6-15-4)12(3)18-14/h5,10-11,15H,6-9H2,1-4H3/t10-,11+. The molecule has 1 aliphatic rings. The van der Waals surface area contributed by atoms with Gasteiger partial charge in [0.05, 0.1) is 18.8 Å². The average molecular weight is 252 g/mol. The summed E-state index contributed by atoms with van der Waals surface area (Å²) in [6, 6.07) is 2.16. The molecule has 4 heteroatoms. The number of aryl methyl sites for hydroxylation is 1. The maximum atomic E-state index is 5.82. The van der Waals surface area contributed by atoms with Crippen LogP contribution in [0.5, 0.6) is 0 Å². The third kappa shape index (κ3) is 3.34. The van der Waals surface area contributed by atoms with Crippen LogP contribution in [0, 0.1) is 6.92 Å². The molecule has 2 atom stereocenters. The minimum Gasteiger partial charge on any atom is -0.465 e. The lowest BCUT2D eigenvalue weighted by Gasteiger charge is -2.34. The molecule has 1 N–H and O–H groups in total. The average Bonchev–Trinajstić information content (AvgIpc) is 2.58. The number of ether oxygens (including phenoxy) is 1. The van der Waals surface area contributed by atoms with Gasteiger partial charge in [-0.3, -0.25) is 4.90 Å². The van der Waals surface area contributed by atoms with E-state index in [1.165, 1.54) is 5.56 Å². The van der Waals surface area contributed by atoms with Crippen LogP contribution in [0.4, 0.5) is 0 Å². The molecule has 0 saturated carbocycles. The zero-order chi connectivity index (χ0) is 13.1. The van der Waals surface area contributed by atoms with E-state index in [0.717, 1.165) is 37.7 Å². The molecule has 0 aromatic carbocycles. The summed E-state index contributed by atoms with van der Waals surface area (Å²) in [5.74, 6) is 2.08. The van der Waals surface area contributed by atoms with Gasteiger partial charge < -0.3 is 14.5 Å². The van der Waals surface area contributed by atoms with Crippen molar-refractivity contribution in [2.45, 2.75) is 46.1 Å². The van der Waals surface area contributed by atoms with Gasteiger partial charge in [-0.25, -0.2) is 0 Å². The Hall–Kier alpha value is -0.840. The van der Waals surface area contributed by atoms with Crippen LogP contribution in [-0.2, 0) is 17.8 Å². The first kappa shape index (κ1) is 13.6. The fourth-order valence-corrected chi connectivity index (χ4v) is 2.67. The van der Waals surface area contributed by atoms with E-state index in [0.29, 0.717) is 12.2 Å². The van der Waals surface area contributed by atoms with Crippen molar-refractivity contribution in [1.29, 1.82) is 0 Å². The number of nitrogens with one attached hydrogen (secondary N) is 1. The monoisotopic (exact) mass is 252 g/mol. The summed E-state index contributed by atoms with van der Waals surface area (Å²) < 4.78 is 11.6. The summed E-state index contributed by atoms with van der Waals surface area (Å²) in [7, 11) is 1.96. The lowest BCUT2D eigenvalue weighted by Crippen LogP contribution is -2.44. The molecule has 0 bridgehead atoms. The highest BCUT2D eigenvalue weighted by Crippen LogP contribution is 2.19. The molecule has 4 nitrogen and oxygen atoms in total. The zero-order valence-electron chi connectivity index (χ0n) is 11.8. The second-order valence-corrected chi connectivity index (χ2v) is 5.28. The fourth-order valence-electron chi connectivity index (χ4n) is 2.67. The number of furan rings is 1. The van der Waals surface area contributed by atoms with Gasteiger partial charge >= 0.3 is 0 Å². The van der Waals surface area contributed by atoms with Gasteiger partial charge in [0, 0.05) is 25.2 Å². The van der Waals surface area contributed by atoms with Gasteiger partial charge in [0.25, 0.3) is 0 Å². The van der Waals surface area contributed by atoms with Gasteiger partial charge in [-0.15, -0.1) is 0 Å². The number of hydrogen-bond acceptors (Lipinski definition) is 4. The van der Waals surface area contributed by atoms with Gasteiger partial charge in [0.2, 0.25) is 0 Å². The van der Waals surface area contributed by atoms with Gasteiger partial charge in [0.1, 0.15) is 11.5 Å². The van der Waals surface area contributed by atoms with Gasteiger partial charge in [-0.1, -0.05) is 0 Å². The van der Waals surface area contributed by atoms with E-state index in [9.17, 15) is 0 Å². The molecule has 0 spiro atoms. The first-order chi connectivity index (χ1) is 8.58. The Morgan fingerprint density at radius 2 is 2.00 bits per heavy atom. The van der Waals surface area contributed by atoms with Crippen LogP contribution in [0.25, 0.3) is 0 Å². The smallest absolute Gasteiger partial charge is 0.118 e. The van der Waals surface area contributed by atoms with E-state index in [1.807, 2.05) is 14.0 Å². The Balaban J connectivity index is 1.98. The predicted molar refractivity (Wildman–Crippen MR) is 71.5 cm³/mol. The molecule has 1 aliphatic heterocycles. The summed E-state index contributed by atoms with van der Waals surface area (Å²) in [5, 5.41) is 3.16. The van der Waals surface area contributed by atoms with Crippen LogP contribution in [0.2, 0.25) is 0 Å². The van der Waals surface area contributed by atoms with Crippen LogP contribution in [0.15, 0.2) is 10.5 Å². The van der Waals surface area contributed by atoms with Crippen molar-refractivity contribution in [3.05, 3.63) is 23.2 Å². The van der Waals surface area contributed by atoms with E-state index >= 15 is 0 Å². The molecule has 2 rings (SSSR count). The molecule has 1 aromatic heterocycles. The summed E-state index contributed by atoms with van der Waals surface area (Å²) in [5.41, 5.74) is 1.25. The lowest BCUT2D eigenvalue weighted by molar-refractivity contribution is -0.0718. The Labute approximate surface area is 109 Å². The fraction of sp³-hybridized carbons (Fsp3) is 0.714. The summed E-state index contributed by atoms with van der Waals surface area (Å²) >= 11 is 0. The van der Waals surface area contributed by atoms with Crippen molar-refractivity contribution >= 4 is 0 Å². The topological polar surface area (TPSA) is 37.6 Å². The molecule has 0 radical (unpaired) electrons. The number of morpholine rings is 1. The van der Waals surface area contributed by atoms with Crippen LogP contribution in [0.1, 0.15) is 30.9 Å². The predicted octanol–water partition coefficient (Wildman–Crippen LogP) is 1.92. The molecule has 2 heterocycles. The zero-order valence-corrected chi connectivity index (χ0v) is 11.8. The summed E-state index contributed by atoms with van der Waals surface area (Å²) in [6.45, 7) is 9.98. The van der Waals surface area contributed by atoms with E-state index in [1.54, 1.807) is 0 Å². The van der Waals surface area contributed by atoms with Gasteiger partial charge in [0.15, 0.2) is 0 Å². The first-order valence-electron chi connectivity index (χ1n) is 6.69. The normalized spacial score (nSPS) is 25.6. The van der Waals surface area contributed by atoms with Gasteiger partial charge in [-0.2, -0.15) is 0 Å². The largest absolute Gasteiger partial charge is 0.465 e. The van der Waals surface area contributed by atoms with Gasteiger partial charge in [-0.05, 0) is 33.9 Å². The van der Waals surface area contributed by atoms with Crippen molar-refractivity contribution in [3.8, 4) is 0 Å². The first-order valence-corrected chi connectivity index (χ1v) is 6.69. The van der Waals surface area contributed by atoms with Crippen molar-refractivity contribution in [1.82, 2.24) is 10.2 Å². The summed E-state index contributed by atoms with van der Waals surface area (Å²) in [4.78, 5) is 2.40. The molecule has 18 heavy (non-hydrogen) atoms. The Kier molecular flexibility index (Phi) is 4.43. The molecule has 1 fully saturated rings. The van der Waals surface area contributed by atoms with Crippen molar-refractivity contribution in [3.63, 3.8) is 0 Å².